The Kier molecular flexibility index (Phi) is 5.36. The van der Waals surface area contributed by atoms with Crippen molar-refractivity contribution in [3.63, 3.8) is 0 Å². The molecule has 0 saturated heterocycles. The van der Waals surface area contributed by atoms with Gasteiger partial charge in [0.25, 0.3) is 0 Å². The summed E-state index contributed by atoms with van der Waals surface area (Å²) < 4.78 is 0. The zero-order valence-corrected chi connectivity index (χ0v) is 11.6. The van der Waals surface area contributed by atoms with Crippen molar-refractivity contribution >= 4 is 11.7 Å². The molecule has 1 aromatic rings. The predicted octanol–water partition coefficient (Wildman–Crippen LogP) is 1.52. The Labute approximate surface area is 113 Å². The van der Waals surface area contributed by atoms with E-state index in [-0.39, 0.29) is 17.8 Å². The number of hydrogen-bond donors (Lipinski definition) is 2. The van der Waals surface area contributed by atoms with Gasteiger partial charge < -0.3 is 15.8 Å². The second-order valence-corrected chi connectivity index (χ2v) is 4.81. The lowest BCUT2D eigenvalue weighted by molar-refractivity contribution is -0.130. The van der Waals surface area contributed by atoms with Crippen molar-refractivity contribution in [2.24, 2.45) is 10.9 Å². The first-order valence-corrected chi connectivity index (χ1v) is 6.21. The maximum absolute atomic E-state index is 12.1. The van der Waals surface area contributed by atoms with Gasteiger partial charge in [-0.1, -0.05) is 35.0 Å². The molecule has 1 atom stereocenters. The third kappa shape index (κ3) is 4.62. The molecule has 0 aromatic heterocycles. The molecule has 0 aliphatic carbocycles. The predicted molar refractivity (Wildman–Crippen MR) is 75.1 cm³/mol. The molecule has 1 unspecified atom stereocenters. The first kappa shape index (κ1) is 15.0. The van der Waals surface area contributed by atoms with Crippen molar-refractivity contribution < 1.29 is 10.0 Å². The fraction of sp³-hybridized carbons (Fsp3) is 0.429. The number of benzene rings is 1. The molecule has 1 amide bonds. The van der Waals surface area contributed by atoms with E-state index in [9.17, 15) is 4.79 Å². The van der Waals surface area contributed by atoms with Crippen molar-refractivity contribution in [1.29, 1.82) is 0 Å². The topological polar surface area (TPSA) is 78.9 Å². The van der Waals surface area contributed by atoms with Crippen LogP contribution >= 0.6 is 0 Å². The molecule has 1 aromatic carbocycles. The molecule has 5 heteroatoms. The molecule has 3 N–H and O–H groups in total. The van der Waals surface area contributed by atoms with E-state index >= 15 is 0 Å². The lowest BCUT2D eigenvalue weighted by Crippen LogP contribution is -2.38. The number of hydrogen-bond acceptors (Lipinski definition) is 3. The smallest absolute Gasteiger partial charge is 0.226 e. The van der Waals surface area contributed by atoms with Crippen molar-refractivity contribution in [2.75, 3.05) is 7.05 Å². The second-order valence-electron chi connectivity index (χ2n) is 4.81. The van der Waals surface area contributed by atoms with Crippen LogP contribution in [0.2, 0.25) is 0 Å². The summed E-state index contributed by atoms with van der Waals surface area (Å²) in [5, 5.41) is 11.4. The highest BCUT2D eigenvalue weighted by Crippen LogP contribution is 2.08. The number of nitrogens with two attached hydrogens (primary N) is 1. The molecule has 19 heavy (non-hydrogen) atoms. The van der Waals surface area contributed by atoms with E-state index in [1.807, 2.05) is 38.1 Å². The number of likely N-dealkylation sites (N-methyl/N-ethyl adjacent to an activating group) is 1. The van der Waals surface area contributed by atoms with Crippen LogP contribution in [0.3, 0.4) is 0 Å². The number of carbonyl (C=O) groups excluding carboxylic acids is 1. The molecular formula is C14H21N3O2. The molecule has 0 aliphatic rings. The summed E-state index contributed by atoms with van der Waals surface area (Å²) in [7, 11) is 1.73. The summed E-state index contributed by atoms with van der Waals surface area (Å²) in [6, 6.07) is 7.78. The van der Waals surface area contributed by atoms with E-state index in [2.05, 4.69) is 5.16 Å². The zero-order chi connectivity index (χ0) is 14.4. The number of carbonyl (C=O) groups is 1. The Morgan fingerprint density at radius 1 is 1.42 bits per heavy atom. The van der Waals surface area contributed by atoms with Crippen molar-refractivity contribution in [1.82, 2.24) is 4.90 Å². The highest BCUT2D eigenvalue weighted by atomic mass is 16.4. The van der Waals surface area contributed by atoms with E-state index in [0.717, 1.165) is 5.56 Å². The minimum absolute atomic E-state index is 0.0158. The van der Waals surface area contributed by atoms with Gasteiger partial charge in [0.15, 0.2) is 0 Å². The largest absolute Gasteiger partial charge is 0.409 e. The van der Waals surface area contributed by atoms with E-state index in [1.54, 1.807) is 11.9 Å². The van der Waals surface area contributed by atoms with Crippen LogP contribution in [-0.2, 0) is 11.2 Å². The molecule has 1 rings (SSSR count). The Bertz CT molecular complexity index is 454. The summed E-state index contributed by atoms with van der Waals surface area (Å²) >= 11 is 0. The van der Waals surface area contributed by atoms with Crippen LogP contribution in [0.25, 0.3) is 0 Å². The number of rotatable bonds is 5. The average molecular weight is 263 g/mol. The maximum atomic E-state index is 12.1. The highest BCUT2D eigenvalue weighted by Gasteiger charge is 2.17. The summed E-state index contributed by atoms with van der Waals surface area (Å²) in [6.07, 6.45) is 0.712. The molecular weight excluding hydrogens is 242 g/mol. The SMILES string of the molecule is Cc1ccc(CC(=O)N(C)C(C)CC(N)=NO)cc1. The molecule has 0 spiro atoms. The van der Waals surface area contributed by atoms with Gasteiger partial charge in [-0.3, -0.25) is 4.79 Å². The van der Waals surface area contributed by atoms with Gasteiger partial charge in [-0.2, -0.15) is 0 Å². The fourth-order valence-corrected chi connectivity index (χ4v) is 1.73. The molecule has 0 fully saturated rings. The number of aryl methyl sites for hydroxylation is 1. The lowest BCUT2D eigenvalue weighted by atomic mass is 10.1. The number of nitrogens with zero attached hydrogens (tertiary/aromatic N) is 2. The van der Waals surface area contributed by atoms with Gasteiger partial charge in [-0.25, -0.2) is 0 Å². The fourth-order valence-electron chi connectivity index (χ4n) is 1.73. The van der Waals surface area contributed by atoms with Gasteiger partial charge in [0.05, 0.1) is 6.42 Å². The van der Waals surface area contributed by atoms with Gasteiger partial charge >= 0.3 is 0 Å². The highest BCUT2D eigenvalue weighted by molar-refractivity contribution is 5.82. The van der Waals surface area contributed by atoms with Gasteiger partial charge in [-0.15, -0.1) is 0 Å². The second kappa shape index (κ2) is 6.78. The van der Waals surface area contributed by atoms with Crippen LogP contribution in [-0.4, -0.2) is 34.9 Å². The Hall–Kier alpha value is -2.04. The van der Waals surface area contributed by atoms with Crippen LogP contribution in [0.15, 0.2) is 29.4 Å². The van der Waals surface area contributed by atoms with Gasteiger partial charge in [0.2, 0.25) is 5.91 Å². The van der Waals surface area contributed by atoms with Gasteiger partial charge in [0, 0.05) is 19.5 Å². The van der Waals surface area contributed by atoms with Gasteiger partial charge in [0.1, 0.15) is 5.84 Å². The number of amides is 1. The average Bonchev–Trinajstić information content (AvgIpc) is 2.40. The standard InChI is InChI=1S/C14H21N3O2/c1-10-4-6-12(7-5-10)9-14(18)17(3)11(2)8-13(15)16-19/h4-7,11,19H,8-9H2,1-3H3,(H2,15,16). The van der Waals surface area contributed by atoms with Crippen LogP contribution < -0.4 is 5.73 Å². The Morgan fingerprint density at radius 2 is 2.00 bits per heavy atom. The Morgan fingerprint density at radius 3 is 2.53 bits per heavy atom. The van der Waals surface area contributed by atoms with Crippen molar-refractivity contribution in [3.05, 3.63) is 35.4 Å². The number of amidine groups is 1. The summed E-state index contributed by atoms with van der Waals surface area (Å²) in [6.45, 7) is 3.88. The van der Waals surface area contributed by atoms with Crippen molar-refractivity contribution in [3.8, 4) is 0 Å². The van der Waals surface area contributed by atoms with E-state index < -0.39 is 0 Å². The van der Waals surface area contributed by atoms with E-state index in [1.165, 1.54) is 5.56 Å². The van der Waals surface area contributed by atoms with Crippen LogP contribution in [0.1, 0.15) is 24.5 Å². The maximum Gasteiger partial charge on any atom is 0.226 e. The molecule has 5 nitrogen and oxygen atoms in total. The third-order valence-corrected chi connectivity index (χ3v) is 3.16. The van der Waals surface area contributed by atoms with Crippen molar-refractivity contribution in [2.45, 2.75) is 32.7 Å². The molecule has 0 heterocycles. The molecule has 0 aliphatic heterocycles. The van der Waals surface area contributed by atoms with E-state index in [4.69, 9.17) is 10.9 Å². The third-order valence-electron chi connectivity index (χ3n) is 3.16. The lowest BCUT2D eigenvalue weighted by Gasteiger charge is -2.24. The minimum atomic E-state index is -0.103. The first-order valence-electron chi connectivity index (χ1n) is 6.21. The van der Waals surface area contributed by atoms with E-state index in [0.29, 0.717) is 12.8 Å². The molecule has 104 valence electrons. The summed E-state index contributed by atoms with van der Waals surface area (Å²) in [5.74, 6) is 0.143. The molecule has 0 radical (unpaired) electrons. The van der Waals surface area contributed by atoms with Crippen LogP contribution in [0, 0.1) is 6.92 Å². The van der Waals surface area contributed by atoms with Crippen LogP contribution in [0.4, 0.5) is 0 Å². The number of oxime groups is 1. The molecule has 0 saturated carbocycles. The monoisotopic (exact) mass is 263 g/mol. The normalized spacial score (nSPS) is 13.1. The Balaban J connectivity index is 2.59. The van der Waals surface area contributed by atoms with Crippen LogP contribution in [0.5, 0.6) is 0 Å². The first-order chi connectivity index (χ1) is 8.93. The quantitative estimate of drug-likeness (QED) is 0.366. The minimum Gasteiger partial charge on any atom is -0.409 e. The summed E-state index contributed by atoms with van der Waals surface area (Å²) in [5.41, 5.74) is 7.60. The zero-order valence-electron chi connectivity index (χ0n) is 11.6. The molecule has 0 bridgehead atoms. The van der Waals surface area contributed by atoms with Gasteiger partial charge in [-0.05, 0) is 19.4 Å². The summed E-state index contributed by atoms with van der Waals surface area (Å²) in [4.78, 5) is 13.7.